The molecular weight excluding hydrogens is 630 g/mol. The van der Waals surface area contributed by atoms with Crippen LogP contribution in [-0.4, -0.2) is 80.9 Å². The molecule has 252 valence electrons. The van der Waals surface area contributed by atoms with Crippen molar-refractivity contribution >= 4 is 45.7 Å². The molecule has 4 N–H and O–H groups in total. The minimum absolute atomic E-state index is 0.0517. The van der Waals surface area contributed by atoms with Gasteiger partial charge in [0, 0.05) is 25.9 Å². The van der Waals surface area contributed by atoms with Gasteiger partial charge in [-0.1, -0.05) is 24.3 Å². The van der Waals surface area contributed by atoms with Crippen molar-refractivity contribution < 1.29 is 41.8 Å². The Morgan fingerprint density at radius 1 is 1.06 bits per heavy atom. The highest BCUT2D eigenvalue weighted by atomic mass is 32.2. The predicted molar refractivity (Wildman–Crippen MR) is 173 cm³/mol. The van der Waals surface area contributed by atoms with Crippen LogP contribution < -0.4 is 20.5 Å². The first-order valence-electron chi connectivity index (χ1n) is 14.8. The van der Waals surface area contributed by atoms with Gasteiger partial charge in [-0.05, 0) is 57.5 Å². The van der Waals surface area contributed by atoms with E-state index in [2.05, 4.69) is 0 Å². The maximum atomic E-state index is 13.5. The van der Waals surface area contributed by atoms with E-state index in [9.17, 15) is 32.9 Å². The Labute approximate surface area is 273 Å². The molecule has 47 heavy (non-hydrogen) atoms. The van der Waals surface area contributed by atoms with E-state index in [-0.39, 0.29) is 48.8 Å². The van der Waals surface area contributed by atoms with Crippen molar-refractivity contribution in [3.8, 4) is 11.8 Å². The molecule has 0 aromatic heterocycles. The molecular formula is C32H39N5O9S. The average molecular weight is 670 g/mol. The molecule has 3 amide bonds. The van der Waals surface area contributed by atoms with Crippen LogP contribution >= 0.6 is 0 Å². The van der Waals surface area contributed by atoms with Crippen molar-refractivity contribution in [2.45, 2.75) is 52.2 Å². The molecule has 15 heteroatoms. The lowest BCUT2D eigenvalue weighted by Crippen LogP contribution is -2.44. The summed E-state index contributed by atoms with van der Waals surface area (Å²) in [6, 6.07) is 10.9. The highest BCUT2D eigenvalue weighted by Gasteiger charge is 2.32. The van der Waals surface area contributed by atoms with Crippen LogP contribution in [-0.2, 0) is 24.3 Å². The Morgan fingerprint density at radius 2 is 1.68 bits per heavy atom. The molecule has 0 bridgehead atoms. The third-order valence-electron chi connectivity index (χ3n) is 6.81. The monoisotopic (exact) mass is 669 g/mol. The number of nitrogens with zero attached hydrogens (tertiary/aromatic N) is 3. The fourth-order valence-corrected chi connectivity index (χ4v) is 5.98. The molecule has 0 atom stereocenters. The van der Waals surface area contributed by atoms with Gasteiger partial charge in [0.1, 0.15) is 17.5 Å². The molecule has 1 fully saturated rings. The number of rotatable bonds is 12. The highest BCUT2D eigenvalue weighted by molar-refractivity contribution is 7.93. The van der Waals surface area contributed by atoms with Crippen LogP contribution in [0.1, 0.15) is 72.4 Å². The second-order valence-electron chi connectivity index (χ2n) is 11.6. The van der Waals surface area contributed by atoms with Gasteiger partial charge in [0.15, 0.2) is 5.75 Å². The van der Waals surface area contributed by atoms with E-state index in [1.54, 1.807) is 51.1 Å². The van der Waals surface area contributed by atoms with Crippen molar-refractivity contribution in [2.75, 3.05) is 36.3 Å². The molecule has 0 spiro atoms. The average Bonchev–Trinajstić information content (AvgIpc) is 2.98. The quantitative estimate of drug-likeness (QED) is 0.315. The second-order valence-corrected chi connectivity index (χ2v) is 13.5. The molecule has 1 saturated heterocycles. The van der Waals surface area contributed by atoms with E-state index in [4.69, 9.17) is 25.7 Å². The van der Waals surface area contributed by atoms with Gasteiger partial charge in [-0.25, -0.2) is 13.2 Å². The summed E-state index contributed by atoms with van der Waals surface area (Å²) < 4.78 is 44.2. The van der Waals surface area contributed by atoms with E-state index in [1.807, 2.05) is 6.07 Å². The van der Waals surface area contributed by atoms with Gasteiger partial charge in [0.2, 0.25) is 10.0 Å². The van der Waals surface area contributed by atoms with Crippen molar-refractivity contribution in [3.05, 3.63) is 64.7 Å². The normalized spacial score (nSPS) is 13.9. The summed E-state index contributed by atoms with van der Waals surface area (Å²) in [7, 11) is -4.46. The van der Waals surface area contributed by atoms with Gasteiger partial charge in [-0.3, -0.25) is 18.7 Å². The number of amides is 3. The maximum absolute atomic E-state index is 13.5. The molecule has 2 aromatic rings. The number of nitrogens with two attached hydrogens (primary N) is 2. The number of nitriles is 1. The number of likely N-dealkylation sites (tertiary alicyclic amines) is 1. The number of benzene rings is 2. The minimum Gasteiger partial charge on any atom is -0.489 e. The van der Waals surface area contributed by atoms with Crippen LogP contribution in [0.4, 0.5) is 10.5 Å². The third-order valence-corrected chi connectivity index (χ3v) is 8.44. The third kappa shape index (κ3) is 10.2. The summed E-state index contributed by atoms with van der Waals surface area (Å²) in [5.41, 5.74) is 10.9. The number of sulfonamides is 1. The second kappa shape index (κ2) is 15.5. The van der Waals surface area contributed by atoms with Crippen LogP contribution in [0.5, 0.6) is 5.75 Å². The van der Waals surface area contributed by atoms with Gasteiger partial charge < -0.3 is 30.6 Å². The zero-order chi connectivity index (χ0) is 34.9. The molecule has 0 unspecified atom stereocenters. The molecule has 0 aliphatic carbocycles. The Morgan fingerprint density at radius 3 is 2.21 bits per heavy atom. The van der Waals surface area contributed by atoms with Crippen LogP contribution in [0.3, 0.4) is 0 Å². The fraction of sp³-hybridized carbons (Fsp3) is 0.406. The van der Waals surface area contributed by atoms with Gasteiger partial charge in [0.25, 0.3) is 11.8 Å². The Kier molecular flexibility index (Phi) is 12.0. The number of hydrogen-bond donors (Lipinski definition) is 2. The lowest BCUT2D eigenvalue weighted by molar-refractivity contribution is -0.139. The number of hydrogen-bond acceptors (Lipinski definition) is 10. The summed E-state index contributed by atoms with van der Waals surface area (Å²) >= 11 is 0. The largest absolute Gasteiger partial charge is 0.489 e. The van der Waals surface area contributed by atoms with Gasteiger partial charge >= 0.3 is 12.1 Å². The Bertz CT molecular complexity index is 1650. The van der Waals surface area contributed by atoms with E-state index in [0.29, 0.717) is 24.0 Å². The van der Waals surface area contributed by atoms with E-state index >= 15 is 0 Å². The predicted octanol–water partition coefficient (Wildman–Crippen LogP) is 2.95. The number of ether oxygens (including phenoxy) is 3. The zero-order valence-electron chi connectivity index (χ0n) is 26.7. The molecule has 1 heterocycles. The van der Waals surface area contributed by atoms with E-state index in [0.717, 1.165) is 16.4 Å². The number of esters is 1. The number of primary amides is 2. The summed E-state index contributed by atoms with van der Waals surface area (Å²) in [4.78, 5) is 51.6. The van der Waals surface area contributed by atoms with Crippen LogP contribution in [0.2, 0.25) is 0 Å². The molecule has 0 saturated carbocycles. The molecule has 1 aliphatic rings. The summed E-state index contributed by atoms with van der Waals surface area (Å²) in [6.45, 7) is 6.96. The van der Waals surface area contributed by atoms with Crippen LogP contribution in [0.15, 0.2) is 42.5 Å². The smallest absolute Gasteiger partial charge is 0.410 e. The Hall–Kier alpha value is -5.10. The first-order valence-corrected chi connectivity index (χ1v) is 16.4. The van der Waals surface area contributed by atoms with E-state index < -0.39 is 51.4 Å². The molecule has 2 aromatic carbocycles. The van der Waals surface area contributed by atoms with E-state index in [1.165, 1.54) is 17.9 Å². The van der Waals surface area contributed by atoms with Gasteiger partial charge in [0.05, 0.1) is 41.6 Å². The first-order chi connectivity index (χ1) is 22.0. The lowest BCUT2D eigenvalue weighted by atomic mass is 10.0. The lowest BCUT2D eigenvalue weighted by Gasteiger charge is -2.34. The number of piperidine rings is 1. The summed E-state index contributed by atoms with van der Waals surface area (Å²) in [6.07, 6.45) is 2.66. The van der Waals surface area contributed by atoms with Crippen molar-refractivity contribution in [1.29, 1.82) is 5.26 Å². The molecule has 1 aliphatic heterocycles. The minimum atomic E-state index is -4.46. The van der Waals surface area contributed by atoms with Crippen molar-refractivity contribution in [3.63, 3.8) is 0 Å². The molecule has 14 nitrogen and oxygen atoms in total. The topological polar surface area (TPSA) is 212 Å². The van der Waals surface area contributed by atoms with Gasteiger partial charge in [-0.15, -0.1) is 0 Å². The Balaban J connectivity index is 1.99. The number of carbonyl (C=O) groups excluding carboxylic acids is 4. The van der Waals surface area contributed by atoms with Crippen molar-refractivity contribution in [1.82, 2.24) is 4.90 Å². The number of carbonyl (C=O) groups is 4. The summed E-state index contributed by atoms with van der Waals surface area (Å²) in [5.74, 6) is -4.32. The zero-order valence-corrected chi connectivity index (χ0v) is 27.5. The molecule has 3 rings (SSSR count). The molecule has 0 radical (unpaired) electrons. The van der Waals surface area contributed by atoms with Crippen LogP contribution in [0, 0.1) is 11.3 Å². The standard InChI is InChI=1S/C32H39N5O9S/c1-5-44-27(38)20-47(42,43)37(13-7-10-21-8-6-9-22(16-21)19-33)23-17-25(29(34)39)28(26(18-23)30(35)40)45-24-11-14-36(15-12-24)31(41)46-32(2,3)4/h6-10,16-18,24H,5,11-15,20H2,1-4H3,(H2,34,39)(H2,35,40). The fourth-order valence-electron chi connectivity index (χ4n) is 4.71. The maximum Gasteiger partial charge on any atom is 0.410 e. The first kappa shape index (κ1) is 36.4. The SMILES string of the molecule is CCOC(=O)CS(=O)(=O)N(CC=Cc1cccc(C#N)c1)c1cc(C(N)=O)c(OC2CCN(C(=O)OC(C)(C)C)CC2)c(C(N)=O)c1. The van der Waals surface area contributed by atoms with Crippen molar-refractivity contribution in [2.24, 2.45) is 11.5 Å². The van der Waals surface area contributed by atoms with Crippen LogP contribution in [0.25, 0.3) is 6.08 Å². The summed E-state index contributed by atoms with van der Waals surface area (Å²) in [5, 5.41) is 9.18. The van der Waals surface area contributed by atoms with Gasteiger partial charge in [-0.2, -0.15) is 5.26 Å². The highest BCUT2D eigenvalue weighted by Crippen LogP contribution is 2.34. The number of anilines is 1.